The topological polar surface area (TPSA) is 35.1 Å². The molecular weight excluding hydrogens is 228 g/mol. The highest BCUT2D eigenvalue weighted by Crippen LogP contribution is 2.00. The van der Waals surface area contributed by atoms with Gasteiger partial charge in [0.15, 0.2) is 0 Å². The van der Waals surface area contributed by atoms with Crippen molar-refractivity contribution in [1.29, 1.82) is 0 Å². The van der Waals surface area contributed by atoms with E-state index >= 15 is 0 Å². The molecule has 0 amide bonds. The maximum Gasteiger partial charge on any atom is 0.330 e. The zero-order valence-corrected chi connectivity index (χ0v) is 11.2. The van der Waals surface area contributed by atoms with Crippen LogP contribution in [-0.4, -0.2) is 17.1 Å². The molecule has 1 heterocycles. The number of aromatic nitrogens is 2. The summed E-state index contributed by atoms with van der Waals surface area (Å²) in [7, 11) is 0. The third-order valence-electron chi connectivity index (χ3n) is 2.83. The number of rotatable bonds is 9. The fourth-order valence-electron chi connectivity index (χ4n) is 1.74. The summed E-state index contributed by atoms with van der Waals surface area (Å²) in [4.78, 5) is 10.8. The zero-order chi connectivity index (χ0) is 13.2. The Morgan fingerprint density at radius 3 is 2.83 bits per heavy atom. The van der Waals surface area contributed by atoms with E-state index in [1.54, 1.807) is 0 Å². The Labute approximate surface area is 109 Å². The van der Waals surface area contributed by atoms with Gasteiger partial charge in [0.05, 0.1) is 19.7 Å². The smallest absolute Gasteiger partial charge is 0.330 e. The highest BCUT2D eigenvalue weighted by molar-refractivity contribution is 5.81. The van der Waals surface area contributed by atoms with Crippen molar-refractivity contribution in [3.63, 3.8) is 0 Å². The van der Waals surface area contributed by atoms with Crippen molar-refractivity contribution in [2.75, 3.05) is 6.61 Å². The van der Waals surface area contributed by atoms with Crippen LogP contribution in [0.5, 0.6) is 0 Å². The normalized spacial score (nSPS) is 10.3. The van der Waals surface area contributed by atoms with Crippen molar-refractivity contribution >= 4 is 5.97 Å². The predicted molar refractivity (Wildman–Crippen MR) is 69.9 cm³/mol. The second kappa shape index (κ2) is 8.50. The highest BCUT2D eigenvalue weighted by atomic mass is 16.5. The number of ether oxygens (including phenoxy) is 1. The Kier molecular flexibility index (Phi) is 6.84. The monoisotopic (exact) mass is 251 g/mol. The average Bonchev–Trinajstić information content (AvgIpc) is 2.85. The minimum absolute atomic E-state index is 0.327. The minimum atomic E-state index is -0.327. The Morgan fingerprint density at radius 2 is 2.17 bits per heavy atom. The molecule has 0 radical (unpaired) electrons. The van der Waals surface area contributed by atoms with Crippen LogP contribution in [0.2, 0.25) is 0 Å². The number of imidazole rings is 1. The van der Waals surface area contributed by atoms with Gasteiger partial charge in [-0.15, -0.1) is 0 Å². The Balaban J connectivity index is 1.98. The molecular formula is C14H23N2O2+. The standard InChI is InChI=1S/C14H23N2O2/c1-3-14(17)18-12-8-6-5-7-9-16-11-10-15(4-2)13-16/h3,10-11,13H,1,4-9,12H2,2H3/q+1. The molecule has 0 unspecified atom stereocenters. The SMILES string of the molecule is C=CC(=O)OCCCCCC[n+]1ccn(CC)c1. The van der Waals surface area contributed by atoms with Gasteiger partial charge in [0.2, 0.25) is 6.33 Å². The maximum atomic E-state index is 10.8. The zero-order valence-electron chi connectivity index (χ0n) is 11.2. The molecule has 0 spiro atoms. The highest BCUT2D eigenvalue weighted by Gasteiger charge is 2.01. The molecule has 0 atom stereocenters. The fourth-order valence-corrected chi connectivity index (χ4v) is 1.74. The van der Waals surface area contributed by atoms with Gasteiger partial charge in [0.1, 0.15) is 12.4 Å². The fraction of sp³-hybridized carbons (Fsp3) is 0.571. The van der Waals surface area contributed by atoms with Gasteiger partial charge in [0.25, 0.3) is 0 Å². The molecule has 1 rings (SSSR count). The second-order valence-corrected chi connectivity index (χ2v) is 4.27. The van der Waals surface area contributed by atoms with E-state index < -0.39 is 0 Å². The molecule has 0 aromatic carbocycles. The largest absolute Gasteiger partial charge is 0.463 e. The molecule has 0 N–H and O–H groups in total. The molecule has 0 saturated heterocycles. The Hall–Kier alpha value is -1.58. The summed E-state index contributed by atoms with van der Waals surface area (Å²) in [5.41, 5.74) is 0. The van der Waals surface area contributed by atoms with Crippen molar-refractivity contribution in [1.82, 2.24) is 4.57 Å². The van der Waals surface area contributed by atoms with E-state index in [0.29, 0.717) is 6.61 Å². The van der Waals surface area contributed by atoms with E-state index in [2.05, 4.69) is 41.4 Å². The van der Waals surface area contributed by atoms with E-state index in [0.717, 1.165) is 38.8 Å². The van der Waals surface area contributed by atoms with Crippen LogP contribution in [0.4, 0.5) is 0 Å². The summed E-state index contributed by atoms with van der Waals surface area (Å²) in [6, 6.07) is 0. The number of hydrogen-bond donors (Lipinski definition) is 0. The average molecular weight is 251 g/mol. The lowest BCUT2D eigenvalue weighted by atomic mass is 10.2. The number of nitrogens with zero attached hydrogens (tertiary/aromatic N) is 2. The van der Waals surface area contributed by atoms with E-state index in [-0.39, 0.29) is 5.97 Å². The molecule has 0 bridgehead atoms. The van der Waals surface area contributed by atoms with Gasteiger partial charge < -0.3 is 4.74 Å². The maximum absolute atomic E-state index is 10.8. The van der Waals surface area contributed by atoms with Crippen molar-refractivity contribution in [3.8, 4) is 0 Å². The molecule has 18 heavy (non-hydrogen) atoms. The van der Waals surface area contributed by atoms with Gasteiger partial charge >= 0.3 is 5.97 Å². The number of aryl methyl sites for hydroxylation is 2. The van der Waals surface area contributed by atoms with Gasteiger partial charge in [-0.3, -0.25) is 0 Å². The van der Waals surface area contributed by atoms with E-state index in [1.165, 1.54) is 6.08 Å². The first-order valence-corrected chi connectivity index (χ1v) is 6.60. The second-order valence-electron chi connectivity index (χ2n) is 4.27. The van der Waals surface area contributed by atoms with Crippen molar-refractivity contribution in [2.24, 2.45) is 0 Å². The molecule has 1 aromatic rings. The first-order chi connectivity index (χ1) is 8.76. The lowest BCUT2D eigenvalue weighted by molar-refractivity contribution is -0.696. The van der Waals surface area contributed by atoms with Crippen molar-refractivity contribution < 1.29 is 14.1 Å². The van der Waals surface area contributed by atoms with E-state index in [4.69, 9.17) is 4.74 Å². The Bertz CT molecular complexity index is 372. The quantitative estimate of drug-likeness (QED) is 0.291. The summed E-state index contributed by atoms with van der Waals surface area (Å²) < 4.78 is 9.28. The number of hydrogen-bond acceptors (Lipinski definition) is 2. The molecule has 1 aromatic heterocycles. The van der Waals surface area contributed by atoms with Crippen LogP contribution in [-0.2, 0) is 22.6 Å². The molecule has 0 saturated carbocycles. The number of unbranched alkanes of at least 4 members (excludes halogenated alkanes) is 3. The van der Waals surface area contributed by atoms with E-state index in [1.807, 2.05) is 0 Å². The number of esters is 1. The summed E-state index contributed by atoms with van der Waals surface area (Å²) in [6.45, 7) is 8.06. The summed E-state index contributed by atoms with van der Waals surface area (Å²) in [5.74, 6) is -0.327. The van der Waals surface area contributed by atoms with Crippen LogP contribution in [0.25, 0.3) is 0 Å². The van der Waals surface area contributed by atoms with Crippen molar-refractivity contribution in [2.45, 2.75) is 45.7 Å². The first-order valence-electron chi connectivity index (χ1n) is 6.60. The molecule has 0 fully saturated rings. The van der Waals surface area contributed by atoms with Crippen LogP contribution in [0.3, 0.4) is 0 Å². The molecule has 0 aliphatic carbocycles. The minimum Gasteiger partial charge on any atom is -0.463 e. The lowest BCUT2D eigenvalue weighted by Crippen LogP contribution is -2.30. The van der Waals surface area contributed by atoms with Gasteiger partial charge in [-0.1, -0.05) is 6.58 Å². The van der Waals surface area contributed by atoms with Gasteiger partial charge in [-0.2, -0.15) is 0 Å². The summed E-state index contributed by atoms with van der Waals surface area (Å²) in [5, 5.41) is 0. The molecule has 4 heteroatoms. The van der Waals surface area contributed by atoms with Gasteiger partial charge in [-0.25, -0.2) is 13.9 Å². The molecule has 100 valence electrons. The van der Waals surface area contributed by atoms with Crippen LogP contribution < -0.4 is 4.57 Å². The summed E-state index contributed by atoms with van der Waals surface area (Å²) >= 11 is 0. The van der Waals surface area contributed by atoms with Crippen LogP contribution >= 0.6 is 0 Å². The van der Waals surface area contributed by atoms with Crippen LogP contribution in [0.1, 0.15) is 32.6 Å². The Morgan fingerprint density at radius 1 is 1.39 bits per heavy atom. The summed E-state index contributed by atoms with van der Waals surface area (Å²) in [6.07, 6.45) is 11.9. The number of carbonyl (C=O) groups is 1. The van der Waals surface area contributed by atoms with Crippen LogP contribution in [0.15, 0.2) is 31.4 Å². The number of carbonyl (C=O) groups excluding carboxylic acids is 1. The van der Waals surface area contributed by atoms with Gasteiger partial charge in [-0.05, 0) is 32.6 Å². The van der Waals surface area contributed by atoms with Crippen LogP contribution in [0, 0.1) is 0 Å². The molecule has 0 aliphatic heterocycles. The third kappa shape index (κ3) is 5.66. The van der Waals surface area contributed by atoms with E-state index in [9.17, 15) is 4.79 Å². The first kappa shape index (κ1) is 14.5. The van der Waals surface area contributed by atoms with Gasteiger partial charge in [0, 0.05) is 6.08 Å². The lowest BCUT2D eigenvalue weighted by Gasteiger charge is -2.01. The predicted octanol–water partition coefficient (Wildman–Crippen LogP) is 2.09. The molecule has 0 aliphatic rings. The molecule has 4 nitrogen and oxygen atoms in total. The van der Waals surface area contributed by atoms with Crippen molar-refractivity contribution in [3.05, 3.63) is 31.4 Å². The third-order valence-corrected chi connectivity index (χ3v) is 2.83.